The summed E-state index contributed by atoms with van der Waals surface area (Å²) in [6.45, 7) is 2.70. The molecule has 1 fully saturated rings. The van der Waals surface area contributed by atoms with Crippen LogP contribution in [0.15, 0.2) is 72.4 Å². The SMILES string of the molecule is CC(=O)O[C@@H]1[C@H](N=[N+]=[N-])[C@@H](COC(=O)c2ccccc2C)O[C@H]1n1cnc2c(NC(=O)c3ccccc3)ncnc21. The van der Waals surface area contributed by atoms with Gasteiger partial charge in [-0.25, -0.2) is 19.7 Å². The Kier molecular flexibility index (Phi) is 7.85. The molecule has 1 aliphatic rings. The van der Waals surface area contributed by atoms with Crippen molar-refractivity contribution in [3.63, 3.8) is 0 Å². The number of aromatic nitrogens is 4. The molecule has 0 spiro atoms. The average Bonchev–Trinajstić information content (AvgIpc) is 3.54. The standard InChI is InChI=1S/C27H24N8O6/c1-15-8-6-7-11-18(15)27(38)39-12-19-20(33-34-28)22(40-16(2)36)26(41-19)35-14-31-21-23(29-13-30-24(21)35)32-25(37)17-9-4-3-5-10-17/h3-11,13-14,19-20,22,26H,12H2,1-2H3,(H,29,30,32,37)/t19-,20-,22-,26-/m1/s1. The van der Waals surface area contributed by atoms with E-state index in [2.05, 4.69) is 30.3 Å². The minimum atomic E-state index is -1.11. The first-order chi connectivity index (χ1) is 19.9. The number of esters is 2. The van der Waals surface area contributed by atoms with Crippen molar-refractivity contribution in [1.29, 1.82) is 0 Å². The maximum atomic E-state index is 12.7. The molecule has 41 heavy (non-hydrogen) atoms. The Morgan fingerprint density at radius 3 is 2.59 bits per heavy atom. The molecule has 1 saturated heterocycles. The van der Waals surface area contributed by atoms with Gasteiger partial charge in [-0.2, -0.15) is 0 Å². The molecule has 1 N–H and O–H groups in total. The minimum absolute atomic E-state index is 0.153. The molecule has 0 bridgehead atoms. The Bertz CT molecular complexity index is 1650. The molecule has 208 valence electrons. The molecule has 0 aliphatic carbocycles. The predicted octanol–water partition coefficient (Wildman–Crippen LogP) is 3.75. The van der Waals surface area contributed by atoms with Crippen LogP contribution in [-0.4, -0.2) is 62.2 Å². The number of nitrogens with zero attached hydrogens (tertiary/aromatic N) is 7. The van der Waals surface area contributed by atoms with Crippen molar-refractivity contribution < 1.29 is 28.6 Å². The largest absolute Gasteiger partial charge is 0.459 e. The maximum Gasteiger partial charge on any atom is 0.338 e. The van der Waals surface area contributed by atoms with Crippen LogP contribution in [-0.2, 0) is 19.0 Å². The van der Waals surface area contributed by atoms with Crippen molar-refractivity contribution in [3.8, 4) is 0 Å². The zero-order chi connectivity index (χ0) is 28.9. The highest BCUT2D eigenvalue weighted by Gasteiger charge is 2.48. The lowest BCUT2D eigenvalue weighted by atomic mass is 10.1. The third kappa shape index (κ3) is 5.69. The van der Waals surface area contributed by atoms with Gasteiger partial charge < -0.3 is 19.5 Å². The molecule has 4 aromatic rings. The van der Waals surface area contributed by atoms with E-state index in [1.807, 2.05) is 0 Å². The average molecular weight is 557 g/mol. The van der Waals surface area contributed by atoms with Crippen molar-refractivity contribution in [3.05, 3.63) is 94.4 Å². The second kappa shape index (κ2) is 11.8. The topological polar surface area (TPSA) is 183 Å². The van der Waals surface area contributed by atoms with Gasteiger partial charge >= 0.3 is 11.9 Å². The van der Waals surface area contributed by atoms with Gasteiger partial charge in [-0.05, 0) is 36.2 Å². The Labute approximate surface area is 232 Å². The summed E-state index contributed by atoms with van der Waals surface area (Å²) in [4.78, 5) is 53.2. The summed E-state index contributed by atoms with van der Waals surface area (Å²) in [5, 5.41) is 6.53. The molecule has 1 aliphatic heterocycles. The Balaban J connectivity index is 1.44. The van der Waals surface area contributed by atoms with Crippen LogP contribution in [0.25, 0.3) is 21.6 Å². The summed E-state index contributed by atoms with van der Waals surface area (Å²) in [6, 6.07) is 14.5. The van der Waals surface area contributed by atoms with Gasteiger partial charge in [0.15, 0.2) is 29.3 Å². The fourth-order valence-electron chi connectivity index (χ4n) is 4.53. The van der Waals surface area contributed by atoms with E-state index in [0.29, 0.717) is 11.1 Å². The van der Waals surface area contributed by atoms with Crippen LogP contribution < -0.4 is 5.32 Å². The Morgan fingerprint density at radius 2 is 1.85 bits per heavy atom. The maximum absolute atomic E-state index is 12.7. The van der Waals surface area contributed by atoms with E-state index in [1.165, 1.54) is 24.1 Å². The molecule has 2 aromatic heterocycles. The second-order valence-electron chi connectivity index (χ2n) is 9.11. The molecule has 14 nitrogen and oxygen atoms in total. The molecule has 0 saturated carbocycles. The molecule has 2 aromatic carbocycles. The summed E-state index contributed by atoms with van der Waals surface area (Å²) in [5.41, 5.74) is 11.3. The number of hydrogen-bond donors (Lipinski definition) is 1. The highest BCUT2D eigenvalue weighted by molar-refractivity contribution is 6.06. The molecule has 1 amide bonds. The van der Waals surface area contributed by atoms with Crippen LogP contribution >= 0.6 is 0 Å². The number of fused-ring (bicyclic) bond motifs is 1. The Hall–Kier alpha value is -5.33. The number of benzene rings is 2. The van der Waals surface area contributed by atoms with E-state index < -0.39 is 42.3 Å². The van der Waals surface area contributed by atoms with Crippen molar-refractivity contribution in [1.82, 2.24) is 19.5 Å². The predicted molar refractivity (Wildman–Crippen MR) is 144 cm³/mol. The third-order valence-electron chi connectivity index (χ3n) is 6.44. The molecular weight excluding hydrogens is 532 g/mol. The summed E-state index contributed by atoms with van der Waals surface area (Å²) in [5.74, 6) is -1.47. The number of imidazole rings is 1. The fraction of sp³-hybridized carbons (Fsp3) is 0.259. The van der Waals surface area contributed by atoms with Crippen molar-refractivity contribution in [2.24, 2.45) is 5.11 Å². The number of hydrogen-bond acceptors (Lipinski definition) is 10. The van der Waals surface area contributed by atoms with E-state index >= 15 is 0 Å². The van der Waals surface area contributed by atoms with Gasteiger partial charge in [0.2, 0.25) is 0 Å². The van der Waals surface area contributed by atoms with Gasteiger partial charge in [0.25, 0.3) is 5.91 Å². The van der Waals surface area contributed by atoms with Crippen molar-refractivity contribution >= 4 is 34.8 Å². The molecule has 4 atom stereocenters. The third-order valence-corrected chi connectivity index (χ3v) is 6.44. The number of ether oxygens (including phenoxy) is 3. The number of anilines is 1. The minimum Gasteiger partial charge on any atom is -0.459 e. The highest BCUT2D eigenvalue weighted by Crippen LogP contribution is 2.36. The molecule has 3 heterocycles. The zero-order valence-corrected chi connectivity index (χ0v) is 21.9. The van der Waals surface area contributed by atoms with Gasteiger partial charge in [-0.1, -0.05) is 41.5 Å². The number of azide groups is 1. The van der Waals surface area contributed by atoms with Crippen LogP contribution in [0.3, 0.4) is 0 Å². The van der Waals surface area contributed by atoms with Crippen LogP contribution in [0, 0.1) is 6.92 Å². The van der Waals surface area contributed by atoms with Gasteiger partial charge in [0, 0.05) is 17.4 Å². The first-order valence-electron chi connectivity index (χ1n) is 12.5. The van der Waals surface area contributed by atoms with E-state index in [-0.39, 0.29) is 23.6 Å². The van der Waals surface area contributed by atoms with Crippen LogP contribution in [0.2, 0.25) is 0 Å². The van der Waals surface area contributed by atoms with Gasteiger partial charge in [-0.3, -0.25) is 14.2 Å². The van der Waals surface area contributed by atoms with E-state index in [0.717, 1.165) is 5.56 Å². The van der Waals surface area contributed by atoms with Crippen molar-refractivity contribution in [2.75, 3.05) is 11.9 Å². The number of amides is 1. The summed E-state index contributed by atoms with van der Waals surface area (Å²) >= 11 is 0. The molecule has 5 rings (SSSR count). The summed E-state index contributed by atoms with van der Waals surface area (Å²) in [7, 11) is 0. The number of rotatable bonds is 8. The normalized spacial score (nSPS) is 19.8. The van der Waals surface area contributed by atoms with E-state index in [4.69, 9.17) is 14.2 Å². The van der Waals surface area contributed by atoms with Gasteiger partial charge in [-0.15, -0.1) is 0 Å². The van der Waals surface area contributed by atoms with E-state index in [1.54, 1.807) is 61.5 Å². The van der Waals surface area contributed by atoms with E-state index in [9.17, 15) is 19.9 Å². The monoisotopic (exact) mass is 556 g/mol. The second-order valence-corrected chi connectivity index (χ2v) is 9.11. The number of aryl methyl sites for hydroxylation is 1. The first-order valence-corrected chi connectivity index (χ1v) is 12.5. The summed E-state index contributed by atoms with van der Waals surface area (Å²) in [6.07, 6.45) is -0.518. The summed E-state index contributed by atoms with van der Waals surface area (Å²) < 4.78 is 18.7. The molecule has 14 heteroatoms. The van der Waals surface area contributed by atoms with Crippen LogP contribution in [0.4, 0.5) is 5.82 Å². The van der Waals surface area contributed by atoms with Crippen LogP contribution in [0.1, 0.15) is 39.4 Å². The van der Waals surface area contributed by atoms with Gasteiger partial charge in [0.1, 0.15) is 25.1 Å². The quantitative estimate of drug-likeness (QED) is 0.146. The lowest BCUT2D eigenvalue weighted by Gasteiger charge is -2.21. The number of nitrogens with one attached hydrogen (secondary N) is 1. The number of carbonyl (C=O) groups is 3. The number of carbonyl (C=O) groups excluding carboxylic acids is 3. The van der Waals surface area contributed by atoms with Crippen molar-refractivity contribution in [2.45, 2.75) is 38.3 Å². The fourth-order valence-corrected chi connectivity index (χ4v) is 4.53. The highest BCUT2D eigenvalue weighted by atomic mass is 16.6. The molecule has 0 radical (unpaired) electrons. The molecular formula is C27H24N8O6. The van der Waals surface area contributed by atoms with Crippen LogP contribution in [0.5, 0.6) is 0 Å². The zero-order valence-electron chi connectivity index (χ0n) is 21.9. The van der Waals surface area contributed by atoms with Gasteiger partial charge in [0.05, 0.1) is 11.9 Å². The smallest absolute Gasteiger partial charge is 0.338 e. The first kappa shape index (κ1) is 27.2. The lowest BCUT2D eigenvalue weighted by molar-refractivity contribution is -0.152. The Morgan fingerprint density at radius 1 is 1.10 bits per heavy atom. The molecule has 0 unspecified atom stereocenters. The lowest BCUT2D eigenvalue weighted by Crippen LogP contribution is -2.36.